The van der Waals surface area contributed by atoms with Gasteiger partial charge in [-0.3, -0.25) is 9.59 Å². The maximum Gasteiger partial charge on any atom is 0.229 e. The molecule has 2 amide bonds. The highest BCUT2D eigenvalue weighted by molar-refractivity contribution is 6.04. The number of amides is 2. The zero-order valence-electron chi connectivity index (χ0n) is 16.0. The van der Waals surface area contributed by atoms with E-state index in [1.807, 2.05) is 32.0 Å². The summed E-state index contributed by atoms with van der Waals surface area (Å²) in [6.07, 6.45) is 0.192. The van der Waals surface area contributed by atoms with Gasteiger partial charge in [-0.2, -0.15) is 0 Å². The largest absolute Gasteiger partial charge is 0.497 e. The van der Waals surface area contributed by atoms with Gasteiger partial charge >= 0.3 is 0 Å². The van der Waals surface area contributed by atoms with Crippen LogP contribution in [-0.4, -0.2) is 32.6 Å². The minimum atomic E-state index is -0.413. The second-order valence-corrected chi connectivity index (χ2v) is 6.75. The molecule has 2 aromatic rings. The van der Waals surface area contributed by atoms with Crippen LogP contribution < -0.4 is 19.7 Å². The van der Waals surface area contributed by atoms with Crippen LogP contribution in [-0.2, 0) is 9.59 Å². The van der Waals surface area contributed by atoms with Crippen LogP contribution in [0.2, 0.25) is 0 Å². The van der Waals surface area contributed by atoms with Gasteiger partial charge in [-0.25, -0.2) is 0 Å². The first-order valence-electron chi connectivity index (χ1n) is 8.83. The van der Waals surface area contributed by atoms with E-state index in [0.29, 0.717) is 23.7 Å². The molecule has 0 unspecified atom stereocenters. The Labute approximate surface area is 159 Å². The van der Waals surface area contributed by atoms with Crippen LogP contribution in [0.4, 0.5) is 11.4 Å². The fourth-order valence-corrected chi connectivity index (χ4v) is 3.26. The van der Waals surface area contributed by atoms with E-state index in [1.54, 1.807) is 30.2 Å². The smallest absolute Gasteiger partial charge is 0.229 e. The molecule has 1 N–H and O–H groups in total. The molecule has 0 bridgehead atoms. The van der Waals surface area contributed by atoms with E-state index in [-0.39, 0.29) is 18.2 Å². The van der Waals surface area contributed by atoms with Gasteiger partial charge in [0.25, 0.3) is 0 Å². The Morgan fingerprint density at radius 2 is 1.89 bits per heavy atom. The van der Waals surface area contributed by atoms with Gasteiger partial charge < -0.3 is 19.7 Å². The molecule has 1 aliphatic heterocycles. The molecular weight excluding hydrogens is 344 g/mol. The lowest BCUT2D eigenvalue weighted by atomic mass is 10.1. The Hall–Kier alpha value is -3.02. The number of ether oxygens (including phenoxy) is 2. The summed E-state index contributed by atoms with van der Waals surface area (Å²) in [5.74, 6) is 0.509. The first-order valence-corrected chi connectivity index (χ1v) is 8.83. The van der Waals surface area contributed by atoms with Crippen molar-refractivity contribution in [2.24, 2.45) is 5.92 Å². The number of benzene rings is 2. The standard InChI is InChI=1S/C21H24N2O4/c1-13-5-6-14(2)18(9-13)23-12-15(10-20(23)24)21(25)22-17-8-7-16(26-3)11-19(17)27-4/h5-9,11,15H,10,12H2,1-4H3,(H,22,25)/t15-/m1/s1. The number of carbonyl (C=O) groups excluding carboxylic acids is 2. The second-order valence-electron chi connectivity index (χ2n) is 6.75. The minimum absolute atomic E-state index is 0.0365. The highest BCUT2D eigenvalue weighted by Gasteiger charge is 2.36. The zero-order chi connectivity index (χ0) is 19.6. The average molecular weight is 368 g/mol. The Morgan fingerprint density at radius 3 is 2.59 bits per heavy atom. The number of hydrogen-bond donors (Lipinski definition) is 1. The SMILES string of the molecule is COc1ccc(NC(=O)[C@@H]2CC(=O)N(c3cc(C)ccc3C)C2)c(OC)c1. The van der Waals surface area contributed by atoms with E-state index in [4.69, 9.17) is 9.47 Å². The normalized spacial score (nSPS) is 16.4. The summed E-state index contributed by atoms with van der Waals surface area (Å²) in [6, 6.07) is 11.2. The fraction of sp³-hybridized carbons (Fsp3) is 0.333. The summed E-state index contributed by atoms with van der Waals surface area (Å²) in [5.41, 5.74) is 3.53. The van der Waals surface area contributed by atoms with E-state index in [1.165, 1.54) is 7.11 Å². The van der Waals surface area contributed by atoms with E-state index in [9.17, 15) is 9.59 Å². The van der Waals surface area contributed by atoms with Crippen molar-refractivity contribution in [2.45, 2.75) is 20.3 Å². The lowest BCUT2D eigenvalue weighted by Gasteiger charge is -2.20. The molecule has 0 radical (unpaired) electrons. The molecule has 1 fully saturated rings. The van der Waals surface area contributed by atoms with Crippen LogP contribution in [0.25, 0.3) is 0 Å². The van der Waals surface area contributed by atoms with Crippen molar-refractivity contribution in [1.82, 2.24) is 0 Å². The molecule has 6 heteroatoms. The van der Waals surface area contributed by atoms with Crippen molar-refractivity contribution < 1.29 is 19.1 Å². The Balaban J connectivity index is 1.75. The number of nitrogens with one attached hydrogen (secondary N) is 1. The summed E-state index contributed by atoms with van der Waals surface area (Å²) in [4.78, 5) is 27.0. The molecule has 27 heavy (non-hydrogen) atoms. The molecule has 6 nitrogen and oxygen atoms in total. The van der Waals surface area contributed by atoms with Gasteiger partial charge in [-0.1, -0.05) is 12.1 Å². The number of anilines is 2. The molecule has 142 valence electrons. The molecular formula is C21H24N2O4. The lowest BCUT2D eigenvalue weighted by molar-refractivity contribution is -0.122. The number of methoxy groups -OCH3 is 2. The molecule has 0 spiro atoms. The Kier molecular flexibility index (Phi) is 5.35. The molecule has 2 aromatic carbocycles. The first-order chi connectivity index (χ1) is 12.9. The van der Waals surface area contributed by atoms with Crippen LogP contribution in [0, 0.1) is 19.8 Å². The van der Waals surface area contributed by atoms with Crippen LogP contribution in [0.5, 0.6) is 11.5 Å². The van der Waals surface area contributed by atoms with Crippen molar-refractivity contribution in [3.63, 3.8) is 0 Å². The highest BCUT2D eigenvalue weighted by Crippen LogP contribution is 2.32. The van der Waals surface area contributed by atoms with Crippen molar-refractivity contribution in [3.8, 4) is 11.5 Å². The molecule has 1 saturated heterocycles. The van der Waals surface area contributed by atoms with Gasteiger partial charge in [0, 0.05) is 24.7 Å². The number of aryl methyl sites for hydroxylation is 2. The van der Waals surface area contributed by atoms with E-state index in [0.717, 1.165) is 16.8 Å². The topological polar surface area (TPSA) is 67.9 Å². The summed E-state index contributed by atoms with van der Waals surface area (Å²) >= 11 is 0. The van der Waals surface area contributed by atoms with Crippen LogP contribution in [0.3, 0.4) is 0 Å². The molecule has 1 aliphatic rings. The van der Waals surface area contributed by atoms with Crippen LogP contribution >= 0.6 is 0 Å². The predicted octanol–water partition coefficient (Wildman–Crippen LogP) is 3.31. The number of carbonyl (C=O) groups is 2. The van der Waals surface area contributed by atoms with E-state index < -0.39 is 5.92 Å². The third kappa shape index (κ3) is 3.89. The zero-order valence-corrected chi connectivity index (χ0v) is 16.0. The van der Waals surface area contributed by atoms with Crippen molar-refractivity contribution in [1.29, 1.82) is 0 Å². The Morgan fingerprint density at radius 1 is 1.11 bits per heavy atom. The summed E-state index contributed by atoms with van der Waals surface area (Å²) in [6.45, 7) is 4.33. The van der Waals surface area contributed by atoms with Gasteiger partial charge in [0.1, 0.15) is 11.5 Å². The second kappa shape index (κ2) is 7.70. The minimum Gasteiger partial charge on any atom is -0.497 e. The molecule has 3 rings (SSSR count). The summed E-state index contributed by atoms with van der Waals surface area (Å²) < 4.78 is 10.5. The maximum absolute atomic E-state index is 12.7. The molecule has 1 heterocycles. The van der Waals surface area contributed by atoms with Crippen LogP contribution in [0.1, 0.15) is 17.5 Å². The van der Waals surface area contributed by atoms with Crippen molar-refractivity contribution >= 4 is 23.2 Å². The van der Waals surface area contributed by atoms with Gasteiger partial charge in [0.05, 0.1) is 25.8 Å². The monoisotopic (exact) mass is 368 g/mol. The molecule has 0 aliphatic carbocycles. The van der Waals surface area contributed by atoms with E-state index in [2.05, 4.69) is 5.32 Å². The number of rotatable bonds is 5. The van der Waals surface area contributed by atoms with Gasteiger partial charge in [-0.15, -0.1) is 0 Å². The molecule has 1 atom stereocenters. The third-order valence-electron chi connectivity index (χ3n) is 4.82. The molecule has 0 aromatic heterocycles. The van der Waals surface area contributed by atoms with Crippen molar-refractivity contribution in [3.05, 3.63) is 47.5 Å². The third-order valence-corrected chi connectivity index (χ3v) is 4.82. The average Bonchev–Trinajstić information content (AvgIpc) is 3.05. The quantitative estimate of drug-likeness (QED) is 0.879. The van der Waals surface area contributed by atoms with Gasteiger partial charge in [0.15, 0.2) is 0 Å². The highest BCUT2D eigenvalue weighted by atomic mass is 16.5. The first kappa shape index (κ1) is 18.8. The van der Waals surface area contributed by atoms with Crippen LogP contribution in [0.15, 0.2) is 36.4 Å². The van der Waals surface area contributed by atoms with Crippen molar-refractivity contribution in [2.75, 3.05) is 31.0 Å². The van der Waals surface area contributed by atoms with Gasteiger partial charge in [-0.05, 0) is 43.2 Å². The maximum atomic E-state index is 12.7. The van der Waals surface area contributed by atoms with Gasteiger partial charge in [0.2, 0.25) is 11.8 Å². The predicted molar refractivity (Wildman–Crippen MR) is 105 cm³/mol. The fourth-order valence-electron chi connectivity index (χ4n) is 3.26. The summed E-state index contributed by atoms with van der Waals surface area (Å²) in [5, 5.41) is 2.87. The summed E-state index contributed by atoms with van der Waals surface area (Å²) in [7, 11) is 3.10. The number of nitrogens with zero attached hydrogens (tertiary/aromatic N) is 1. The Bertz CT molecular complexity index is 878. The lowest BCUT2D eigenvalue weighted by Crippen LogP contribution is -2.28. The molecule has 0 saturated carbocycles. The van der Waals surface area contributed by atoms with E-state index >= 15 is 0 Å². The number of hydrogen-bond acceptors (Lipinski definition) is 4.